The number of nitro benzene ring substituents is 1. The molecule has 0 aromatic heterocycles. The van der Waals surface area contributed by atoms with Gasteiger partial charge >= 0.3 is 6.18 Å². The predicted octanol–water partition coefficient (Wildman–Crippen LogP) is 2.29. The number of ketones is 1. The van der Waals surface area contributed by atoms with Crippen LogP contribution in [0.1, 0.15) is 32.8 Å². The molecule has 0 radical (unpaired) electrons. The van der Waals surface area contributed by atoms with Gasteiger partial charge in [-0.1, -0.05) is 12.1 Å². The van der Waals surface area contributed by atoms with Gasteiger partial charge in [0.1, 0.15) is 6.04 Å². The minimum absolute atomic E-state index is 0.104. The van der Waals surface area contributed by atoms with E-state index >= 15 is 0 Å². The second-order valence-corrected chi connectivity index (χ2v) is 6.98. The summed E-state index contributed by atoms with van der Waals surface area (Å²) in [5.41, 5.74) is -1.11. The van der Waals surface area contributed by atoms with Crippen LogP contribution >= 0.6 is 0 Å². The van der Waals surface area contributed by atoms with Crippen molar-refractivity contribution in [2.24, 2.45) is 0 Å². The number of hydrogen-bond acceptors (Lipinski definition) is 6. The van der Waals surface area contributed by atoms with E-state index in [0.717, 1.165) is 6.07 Å². The molecule has 2 amide bonds. The second-order valence-electron chi connectivity index (χ2n) is 6.98. The molecule has 0 aliphatic rings. The van der Waals surface area contributed by atoms with Crippen molar-refractivity contribution < 1.29 is 37.3 Å². The summed E-state index contributed by atoms with van der Waals surface area (Å²) in [6.07, 6.45) is -6.75. The van der Waals surface area contributed by atoms with E-state index in [4.69, 9.17) is 4.84 Å². The number of carbonyl (C=O) groups is 3. The molecule has 0 fully saturated rings. The summed E-state index contributed by atoms with van der Waals surface area (Å²) in [5, 5.41) is 13.0. The number of nitrogens with zero attached hydrogens (tertiary/aromatic N) is 2. The zero-order chi connectivity index (χ0) is 22.4. The Morgan fingerprint density at radius 1 is 1.31 bits per heavy atom. The van der Waals surface area contributed by atoms with Crippen LogP contribution in [0.3, 0.4) is 0 Å². The summed E-state index contributed by atoms with van der Waals surface area (Å²) < 4.78 is 38.7. The molecule has 29 heavy (non-hydrogen) atoms. The highest BCUT2D eigenvalue weighted by Gasteiger charge is 2.42. The highest BCUT2D eigenvalue weighted by Crippen LogP contribution is 2.26. The topological polar surface area (TPSA) is 119 Å². The normalized spacial score (nSPS) is 12.8. The first-order valence-corrected chi connectivity index (χ1v) is 8.28. The first kappa shape index (κ1) is 24.0. The number of non-ortho nitro benzene ring substituents is 1. The van der Waals surface area contributed by atoms with Crippen LogP contribution in [0.2, 0.25) is 0 Å². The number of Topliss-reactive ketones (excluding diaryl/α,β-unsaturated/α-hetero) is 1. The zero-order valence-electron chi connectivity index (χ0n) is 15.9. The third kappa shape index (κ3) is 8.25. The molecule has 1 N–H and O–H groups in total. The molecule has 160 valence electrons. The lowest BCUT2D eigenvalue weighted by molar-refractivity contribution is -0.384. The first-order chi connectivity index (χ1) is 13.2. The van der Waals surface area contributed by atoms with E-state index < -0.39 is 40.9 Å². The molecule has 0 spiro atoms. The highest BCUT2D eigenvalue weighted by atomic mass is 19.4. The van der Waals surface area contributed by atoms with E-state index in [1.165, 1.54) is 39.0 Å². The largest absolute Gasteiger partial charge is 0.391 e. The van der Waals surface area contributed by atoms with Gasteiger partial charge in [-0.2, -0.15) is 13.2 Å². The lowest BCUT2D eigenvalue weighted by Crippen LogP contribution is -2.51. The lowest BCUT2D eigenvalue weighted by atomic mass is 10.1. The fourth-order valence-electron chi connectivity index (χ4n) is 2.19. The van der Waals surface area contributed by atoms with Crippen LogP contribution in [0.4, 0.5) is 18.9 Å². The number of nitrogens with one attached hydrogen (secondary N) is 1. The van der Waals surface area contributed by atoms with Crippen LogP contribution in [0.5, 0.6) is 0 Å². The molecule has 0 saturated carbocycles. The van der Waals surface area contributed by atoms with Crippen molar-refractivity contribution >= 4 is 23.8 Å². The van der Waals surface area contributed by atoms with E-state index in [1.54, 1.807) is 0 Å². The van der Waals surface area contributed by atoms with Crippen LogP contribution in [0.15, 0.2) is 24.3 Å². The van der Waals surface area contributed by atoms with E-state index in [1.807, 2.05) is 0 Å². The Bertz CT molecular complexity index is 776. The van der Waals surface area contributed by atoms with E-state index in [0.29, 0.717) is 0 Å². The van der Waals surface area contributed by atoms with Crippen molar-refractivity contribution in [3.63, 3.8) is 0 Å². The van der Waals surface area contributed by atoms with Crippen molar-refractivity contribution in [1.29, 1.82) is 0 Å². The van der Waals surface area contributed by atoms with Gasteiger partial charge in [-0.25, -0.2) is 5.06 Å². The summed E-state index contributed by atoms with van der Waals surface area (Å²) in [7, 11) is 0. The van der Waals surface area contributed by atoms with Crippen molar-refractivity contribution in [2.75, 3.05) is 0 Å². The van der Waals surface area contributed by atoms with Crippen LogP contribution in [-0.4, -0.2) is 45.9 Å². The summed E-state index contributed by atoms with van der Waals surface area (Å²) in [6.45, 7) is 4.00. The monoisotopic (exact) mass is 419 g/mol. The van der Waals surface area contributed by atoms with Crippen LogP contribution < -0.4 is 5.32 Å². The maximum Gasteiger partial charge on any atom is 0.391 e. The van der Waals surface area contributed by atoms with Gasteiger partial charge in [0.15, 0.2) is 0 Å². The van der Waals surface area contributed by atoms with Crippen LogP contribution in [0.25, 0.3) is 0 Å². The number of nitro groups is 1. The van der Waals surface area contributed by atoms with E-state index in [9.17, 15) is 37.7 Å². The van der Waals surface area contributed by atoms with Gasteiger partial charge in [0.05, 0.1) is 16.9 Å². The Morgan fingerprint density at radius 2 is 1.93 bits per heavy atom. The van der Waals surface area contributed by atoms with Crippen molar-refractivity contribution in [3.05, 3.63) is 39.9 Å². The van der Waals surface area contributed by atoms with E-state index in [2.05, 4.69) is 5.32 Å². The number of halogens is 3. The third-order valence-electron chi connectivity index (χ3n) is 3.32. The highest BCUT2D eigenvalue weighted by molar-refractivity contribution is 6.38. The SMILES string of the molecule is CC(C)(C)ON(C=O)C(CC(F)(F)F)C(=O)C(=O)NCc1cccc([N+](=O)[O-])c1. The molecular formula is C17H20F3N3O6. The van der Waals surface area contributed by atoms with Crippen molar-refractivity contribution in [3.8, 4) is 0 Å². The molecule has 0 heterocycles. The van der Waals surface area contributed by atoms with Gasteiger partial charge in [-0.05, 0) is 26.3 Å². The maximum absolute atomic E-state index is 12.9. The number of alkyl halides is 3. The summed E-state index contributed by atoms with van der Waals surface area (Å²) >= 11 is 0. The maximum atomic E-state index is 12.9. The molecule has 1 rings (SSSR count). The molecule has 9 nitrogen and oxygen atoms in total. The summed E-state index contributed by atoms with van der Waals surface area (Å²) in [4.78, 5) is 50.7. The number of carbonyl (C=O) groups excluding carboxylic acids is 3. The lowest BCUT2D eigenvalue weighted by Gasteiger charge is -2.32. The Balaban J connectivity index is 2.96. The van der Waals surface area contributed by atoms with Gasteiger partial charge in [-0.15, -0.1) is 0 Å². The van der Waals surface area contributed by atoms with Gasteiger partial charge < -0.3 is 5.32 Å². The number of rotatable bonds is 9. The molecule has 0 saturated heterocycles. The summed E-state index contributed by atoms with van der Waals surface area (Å²) in [5.74, 6) is -2.93. The molecule has 0 aliphatic heterocycles. The number of amides is 2. The summed E-state index contributed by atoms with van der Waals surface area (Å²) in [6, 6.07) is 2.89. The van der Waals surface area contributed by atoms with E-state index in [-0.39, 0.29) is 29.3 Å². The Kier molecular flexibility index (Phi) is 7.83. The average molecular weight is 419 g/mol. The van der Waals surface area contributed by atoms with Gasteiger partial charge in [0, 0.05) is 18.7 Å². The minimum atomic E-state index is -4.86. The molecule has 0 bridgehead atoms. The van der Waals surface area contributed by atoms with Gasteiger partial charge in [-0.3, -0.25) is 29.3 Å². The minimum Gasteiger partial charge on any atom is -0.345 e. The van der Waals surface area contributed by atoms with Crippen molar-refractivity contribution in [2.45, 2.75) is 51.6 Å². The quantitative estimate of drug-likeness (QED) is 0.284. The number of benzene rings is 1. The number of hydrogen-bond donors (Lipinski definition) is 1. The first-order valence-electron chi connectivity index (χ1n) is 8.28. The van der Waals surface area contributed by atoms with Gasteiger partial charge in [0.25, 0.3) is 11.6 Å². The molecular weight excluding hydrogens is 399 g/mol. The average Bonchev–Trinajstić information content (AvgIpc) is 2.60. The molecule has 0 aliphatic carbocycles. The second kappa shape index (κ2) is 9.45. The van der Waals surface area contributed by atoms with Crippen molar-refractivity contribution in [1.82, 2.24) is 10.4 Å². The molecule has 1 atom stereocenters. The Labute approximate surface area is 163 Å². The van der Waals surface area contributed by atoms with Crippen LogP contribution in [0, 0.1) is 10.1 Å². The fraction of sp³-hybridized carbons (Fsp3) is 0.471. The van der Waals surface area contributed by atoms with Crippen LogP contribution in [-0.2, 0) is 25.8 Å². The molecule has 1 unspecified atom stereocenters. The predicted molar refractivity (Wildman–Crippen MR) is 93.2 cm³/mol. The van der Waals surface area contributed by atoms with Gasteiger partial charge in [0.2, 0.25) is 12.2 Å². The Morgan fingerprint density at radius 3 is 2.41 bits per heavy atom. The third-order valence-corrected chi connectivity index (χ3v) is 3.32. The number of hydroxylamine groups is 2. The zero-order valence-corrected chi connectivity index (χ0v) is 15.9. The fourth-order valence-corrected chi connectivity index (χ4v) is 2.19. The molecule has 1 aromatic carbocycles. The molecule has 1 aromatic rings. The Hall–Kier alpha value is -3.02. The standard InChI is InChI=1S/C17H20F3N3O6/c1-16(2,3)29-22(10-24)13(8-17(18,19)20)14(25)15(26)21-9-11-5-4-6-12(7-11)23(27)28/h4-7,10,13H,8-9H2,1-3H3,(H,21,26). The molecule has 12 heteroatoms. The smallest absolute Gasteiger partial charge is 0.345 e.